The molecule has 8 nitrogen and oxygen atoms in total. The van der Waals surface area contributed by atoms with Crippen molar-refractivity contribution < 1.29 is 33.6 Å². The molecule has 0 radical (unpaired) electrons. The van der Waals surface area contributed by atoms with Crippen molar-refractivity contribution in [1.29, 1.82) is 0 Å². The van der Waals surface area contributed by atoms with E-state index in [2.05, 4.69) is 0 Å². The summed E-state index contributed by atoms with van der Waals surface area (Å²) in [7, 11) is 0. The Bertz CT molecular complexity index is 1410. The molecule has 1 atom stereocenters. The molecule has 1 saturated heterocycles. The highest BCUT2D eigenvalue weighted by molar-refractivity contribution is 6.51. The highest BCUT2D eigenvalue weighted by atomic mass is 16.6. The molecule has 0 saturated carbocycles. The van der Waals surface area contributed by atoms with Crippen molar-refractivity contribution in [2.24, 2.45) is 0 Å². The van der Waals surface area contributed by atoms with Gasteiger partial charge in [-0.3, -0.25) is 14.5 Å². The molecule has 1 fully saturated rings. The van der Waals surface area contributed by atoms with E-state index in [1.807, 2.05) is 26.8 Å². The summed E-state index contributed by atoms with van der Waals surface area (Å²) in [6, 6.07) is 18.2. The van der Waals surface area contributed by atoms with Crippen LogP contribution in [0.1, 0.15) is 37.9 Å². The number of Topliss-reactive ketones (excluding diaryl/α,β-unsaturated/α-hetero) is 1. The molecule has 1 N–H and O–H groups in total. The summed E-state index contributed by atoms with van der Waals surface area (Å²) in [4.78, 5) is 28.4. The van der Waals surface area contributed by atoms with Crippen LogP contribution < -0.4 is 23.8 Å². The van der Waals surface area contributed by atoms with Gasteiger partial charge in [-0.25, -0.2) is 0 Å². The lowest BCUT2D eigenvalue weighted by Gasteiger charge is -2.26. The second kappa shape index (κ2) is 10.5. The van der Waals surface area contributed by atoms with Gasteiger partial charge in [0.2, 0.25) is 0 Å². The molecule has 1 amide bonds. The number of aliphatic hydroxyl groups excluding tert-OH is 1. The maximum Gasteiger partial charge on any atom is 0.300 e. The van der Waals surface area contributed by atoms with E-state index >= 15 is 0 Å². The number of amides is 1. The number of hydrogen-bond donors (Lipinski definition) is 1. The summed E-state index contributed by atoms with van der Waals surface area (Å²) >= 11 is 0. The van der Waals surface area contributed by atoms with Gasteiger partial charge in [-0.15, -0.1) is 0 Å². The summed E-state index contributed by atoms with van der Waals surface area (Å²) in [5.41, 5.74) is 1.40. The quantitative estimate of drug-likeness (QED) is 0.260. The van der Waals surface area contributed by atoms with E-state index in [4.69, 9.17) is 18.9 Å². The van der Waals surface area contributed by atoms with Crippen molar-refractivity contribution in [3.8, 4) is 23.0 Å². The number of benzene rings is 3. The van der Waals surface area contributed by atoms with Crippen LogP contribution >= 0.6 is 0 Å². The predicted octanol–water partition coefficient (Wildman–Crippen LogP) is 5.27. The zero-order valence-electron chi connectivity index (χ0n) is 21.5. The van der Waals surface area contributed by atoms with E-state index < -0.39 is 17.7 Å². The minimum absolute atomic E-state index is 0.0322. The minimum Gasteiger partial charge on any atom is -0.507 e. The maximum atomic E-state index is 13.5. The van der Waals surface area contributed by atoms with Gasteiger partial charge in [0.25, 0.3) is 11.7 Å². The van der Waals surface area contributed by atoms with Crippen molar-refractivity contribution in [3.63, 3.8) is 0 Å². The molecule has 38 heavy (non-hydrogen) atoms. The molecule has 196 valence electrons. The fourth-order valence-electron chi connectivity index (χ4n) is 4.68. The summed E-state index contributed by atoms with van der Waals surface area (Å²) in [5.74, 6) is 0.319. The van der Waals surface area contributed by atoms with E-state index in [1.165, 1.54) is 4.90 Å². The number of rotatable bonds is 7. The number of anilines is 1. The highest BCUT2D eigenvalue weighted by Crippen LogP contribution is 2.44. The standard InChI is InChI=1S/C30H29NO7/c1-4-35-22-9-6-8-21(17-22)31-27(19-7-5-10-23(15-19)38-18(2)3)26(29(33)30(31)34)28(32)20-11-12-24-25(16-20)37-14-13-36-24/h5-12,15-18,27,32H,4,13-14H2,1-3H3/b28-26-. The van der Waals surface area contributed by atoms with Crippen LogP contribution in [-0.2, 0) is 9.59 Å². The summed E-state index contributed by atoms with van der Waals surface area (Å²) in [6.45, 7) is 6.95. The number of carbonyl (C=O) groups is 2. The van der Waals surface area contributed by atoms with Crippen LogP contribution in [0.2, 0.25) is 0 Å². The van der Waals surface area contributed by atoms with Crippen molar-refractivity contribution in [2.75, 3.05) is 24.7 Å². The first kappa shape index (κ1) is 25.2. The summed E-state index contributed by atoms with van der Waals surface area (Å²) in [6.07, 6.45) is -0.0720. The van der Waals surface area contributed by atoms with Gasteiger partial charge < -0.3 is 24.1 Å². The zero-order valence-corrected chi connectivity index (χ0v) is 21.5. The first-order valence-corrected chi connectivity index (χ1v) is 12.6. The highest BCUT2D eigenvalue weighted by Gasteiger charge is 2.47. The summed E-state index contributed by atoms with van der Waals surface area (Å²) < 4.78 is 22.8. The Balaban J connectivity index is 1.68. The number of ketones is 1. The lowest BCUT2D eigenvalue weighted by molar-refractivity contribution is -0.132. The molecule has 8 heteroatoms. The molecular weight excluding hydrogens is 486 g/mol. The van der Waals surface area contributed by atoms with Gasteiger partial charge in [0, 0.05) is 17.3 Å². The van der Waals surface area contributed by atoms with Crippen LogP contribution in [0.4, 0.5) is 5.69 Å². The van der Waals surface area contributed by atoms with E-state index in [9.17, 15) is 14.7 Å². The molecule has 2 aliphatic rings. The van der Waals surface area contributed by atoms with Crippen molar-refractivity contribution in [2.45, 2.75) is 32.9 Å². The smallest absolute Gasteiger partial charge is 0.300 e. The lowest BCUT2D eigenvalue weighted by Crippen LogP contribution is -2.29. The molecule has 3 aromatic carbocycles. The number of fused-ring (bicyclic) bond motifs is 1. The second-order valence-electron chi connectivity index (χ2n) is 9.20. The monoisotopic (exact) mass is 515 g/mol. The Hall–Kier alpha value is -4.46. The minimum atomic E-state index is -0.907. The first-order valence-electron chi connectivity index (χ1n) is 12.6. The Morgan fingerprint density at radius 1 is 0.974 bits per heavy atom. The average Bonchev–Trinajstić information content (AvgIpc) is 3.18. The number of carbonyl (C=O) groups excluding carboxylic acids is 2. The number of ether oxygens (including phenoxy) is 4. The van der Waals surface area contributed by atoms with Gasteiger partial charge in [-0.2, -0.15) is 0 Å². The van der Waals surface area contributed by atoms with Crippen LogP contribution in [0.5, 0.6) is 23.0 Å². The third-order valence-electron chi connectivity index (χ3n) is 6.21. The molecule has 0 aliphatic carbocycles. The molecule has 2 aliphatic heterocycles. The van der Waals surface area contributed by atoms with Gasteiger partial charge in [-0.05, 0) is 68.8 Å². The molecule has 0 aromatic heterocycles. The fourth-order valence-corrected chi connectivity index (χ4v) is 4.68. The van der Waals surface area contributed by atoms with Crippen LogP contribution in [0, 0.1) is 0 Å². The topological polar surface area (TPSA) is 94.5 Å². The van der Waals surface area contributed by atoms with Crippen LogP contribution in [0.15, 0.2) is 72.3 Å². The lowest BCUT2D eigenvalue weighted by atomic mass is 9.94. The van der Waals surface area contributed by atoms with E-state index in [0.29, 0.717) is 59.6 Å². The SMILES string of the molecule is CCOc1cccc(N2C(=O)C(=O)/C(=C(\O)c3ccc4c(c3)OCCO4)C2c2cccc(OC(C)C)c2)c1. The normalized spacial score (nSPS) is 18.1. The number of nitrogens with zero attached hydrogens (tertiary/aromatic N) is 1. The predicted molar refractivity (Wildman–Crippen MR) is 142 cm³/mol. The largest absolute Gasteiger partial charge is 0.507 e. The molecular formula is C30H29NO7. The average molecular weight is 516 g/mol. The Labute approximate surface area is 221 Å². The Morgan fingerprint density at radius 3 is 2.47 bits per heavy atom. The maximum absolute atomic E-state index is 13.5. The van der Waals surface area contributed by atoms with Gasteiger partial charge >= 0.3 is 0 Å². The van der Waals surface area contributed by atoms with Crippen molar-refractivity contribution >= 4 is 23.1 Å². The van der Waals surface area contributed by atoms with Gasteiger partial charge in [0.15, 0.2) is 11.5 Å². The van der Waals surface area contributed by atoms with E-state index in [1.54, 1.807) is 60.7 Å². The van der Waals surface area contributed by atoms with E-state index in [0.717, 1.165) is 0 Å². The molecule has 2 heterocycles. The summed E-state index contributed by atoms with van der Waals surface area (Å²) in [5, 5.41) is 11.5. The van der Waals surface area contributed by atoms with Crippen LogP contribution in [0.3, 0.4) is 0 Å². The molecule has 0 spiro atoms. The van der Waals surface area contributed by atoms with Gasteiger partial charge in [-0.1, -0.05) is 18.2 Å². The Kier molecular flexibility index (Phi) is 6.96. The van der Waals surface area contributed by atoms with Crippen molar-refractivity contribution in [3.05, 3.63) is 83.4 Å². The fraction of sp³-hybridized carbons (Fsp3) is 0.267. The van der Waals surface area contributed by atoms with Crippen molar-refractivity contribution in [1.82, 2.24) is 0 Å². The number of aliphatic hydroxyl groups is 1. The third-order valence-corrected chi connectivity index (χ3v) is 6.21. The van der Waals surface area contributed by atoms with E-state index in [-0.39, 0.29) is 17.4 Å². The first-order chi connectivity index (χ1) is 18.4. The number of hydrogen-bond acceptors (Lipinski definition) is 7. The van der Waals surface area contributed by atoms with Gasteiger partial charge in [0.05, 0.1) is 24.3 Å². The second-order valence-corrected chi connectivity index (χ2v) is 9.20. The van der Waals surface area contributed by atoms with Crippen LogP contribution in [-0.4, -0.2) is 42.7 Å². The zero-order chi connectivity index (χ0) is 26.8. The van der Waals surface area contributed by atoms with Gasteiger partial charge in [0.1, 0.15) is 30.5 Å². The third kappa shape index (κ3) is 4.77. The molecule has 0 bridgehead atoms. The molecule has 3 aromatic rings. The Morgan fingerprint density at radius 2 is 1.71 bits per heavy atom. The van der Waals surface area contributed by atoms with Crippen LogP contribution in [0.25, 0.3) is 5.76 Å². The molecule has 1 unspecified atom stereocenters. The molecule has 5 rings (SSSR count).